The van der Waals surface area contributed by atoms with Gasteiger partial charge < -0.3 is 4.74 Å². The van der Waals surface area contributed by atoms with Gasteiger partial charge in [-0.15, -0.1) is 11.8 Å². The molecule has 0 amide bonds. The molecule has 0 saturated heterocycles. The van der Waals surface area contributed by atoms with Crippen LogP contribution >= 0.6 is 11.8 Å². The Morgan fingerprint density at radius 2 is 1.63 bits per heavy atom. The summed E-state index contributed by atoms with van der Waals surface area (Å²) in [7, 11) is 1.22. The molecule has 0 unspecified atom stereocenters. The van der Waals surface area contributed by atoms with Crippen LogP contribution in [0.2, 0.25) is 0 Å². The van der Waals surface area contributed by atoms with Crippen molar-refractivity contribution >= 4 is 17.7 Å². The lowest BCUT2D eigenvalue weighted by atomic mass is 9.98. The van der Waals surface area contributed by atoms with Gasteiger partial charge in [-0.2, -0.15) is 18.3 Å². The minimum atomic E-state index is -4.43. The summed E-state index contributed by atoms with van der Waals surface area (Å²) in [5.41, 5.74) is 1.36. The van der Waals surface area contributed by atoms with Gasteiger partial charge >= 0.3 is 12.1 Å². The van der Waals surface area contributed by atoms with Crippen molar-refractivity contribution in [2.75, 3.05) is 13.4 Å². The first-order valence-corrected chi connectivity index (χ1v) is 9.06. The van der Waals surface area contributed by atoms with Gasteiger partial charge in [0.05, 0.1) is 18.4 Å². The number of hydrogen-bond acceptors (Lipinski definition) is 4. The Labute approximate surface area is 157 Å². The van der Waals surface area contributed by atoms with Gasteiger partial charge in [-0.3, -0.25) is 5.10 Å². The molecular formula is C19H15F3N2O2S. The zero-order valence-corrected chi connectivity index (χ0v) is 15.2. The second kappa shape index (κ2) is 7.48. The van der Waals surface area contributed by atoms with Crippen LogP contribution in [0.25, 0.3) is 22.4 Å². The van der Waals surface area contributed by atoms with Crippen molar-refractivity contribution in [1.29, 1.82) is 0 Å². The molecule has 8 heteroatoms. The highest BCUT2D eigenvalue weighted by atomic mass is 32.2. The second-order valence-corrected chi connectivity index (χ2v) is 6.50. The van der Waals surface area contributed by atoms with E-state index in [4.69, 9.17) is 4.74 Å². The van der Waals surface area contributed by atoms with Crippen molar-refractivity contribution in [3.05, 3.63) is 59.8 Å². The number of benzene rings is 2. The first-order valence-electron chi connectivity index (χ1n) is 7.84. The van der Waals surface area contributed by atoms with Crippen LogP contribution in [0.4, 0.5) is 13.2 Å². The maximum Gasteiger partial charge on any atom is 0.416 e. The normalized spacial score (nSPS) is 11.4. The number of nitrogens with zero attached hydrogens (tertiary/aromatic N) is 1. The summed E-state index contributed by atoms with van der Waals surface area (Å²) in [5.74, 6) is -0.673. The van der Waals surface area contributed by atoms with E-state index in [1.165, 1.54) is 19.2 Å². The van der Waals surface area contributed by atoms with Crippen LogP contribution in [0, 0.1) is 0 Å². The fourth-order valence-electron chi connectivity index (χ4n) is 2.66. The van der Waals surface area contributed by atoms with Crippen molar-refractivity contribution in [3.8, 4) is 22.4 Å². The SMILES string of the molecule is COC(=O)c1n[nH]c(-c2ccc(SC)cc2)c1-c1ccc(C(F)(F)F)cc1. The third-order valence-corrected chi connectivity index (χ3v) is 4.77. The molecule has 1 heterocycles. The highest BCUT2D eigenvalue weighted by molar-refractivity contribution is 7.98. The van der Waals surface area contributed by atoms with E-state index >= 15 is 0 Å². The first-order chi connectivity index (χ1) is 12.8. The minimum absolute atomic E-state index is 0.0150. The number of carbonyl (C=O) groups excluding carboxylic acids is 1. The Morgan fingerprint density at radius 3 is 2.15 bits per heavy atom. The van der Waals surface area contributed by atoms with E-state index in [-0.39, 0.29) is 5.69 Å². The van der Waals surface area contributed by atoms with Gasteiger partial charge in [0, 0.05) is 16.0 Å². The molecule has 0 radical (unpaired) electrons. The molecule has 3 aromatic rings. The number of halogens is 3. The van der Waals surface area contributed by atoms with Crippen LogP contribution in [0.15, 0.2) is 53.4 Å². The summed E-state index contributed by atoms with van der Waals surface area (Å²) in [6, 6.07) is 12.1. The summed E-state index contributed by atoms with van der Waals surface area (Å²) in [5, 5.41) is 6.83. The van der Waals surface area contributed by atoms with Crippen LogP contribution in [0.3, 0.4) is 0 Å². The Bertz CT molecular complexity index is 949. The number of carbonyl (C=O) groups is 1. The van der Waals surface area contributed by atoms with E-state index in [0.717, 1.165) is 22.6 Å². The Kier molecular flexibility index (Phi) is 5.27. The number of nitrogens with one attached hydrogen (secondary N) is 1. The summed E-state index contributed by atoms with van der Waals surface area (Å²) < 4.78 is 43.3. The molecule has 0 atom stereocenters. The standard InChI is InChI=1S/C19H15F3N2O2S/c1-26-18(25)17-15(11-3-7-13(8-4-11)19(20,21)22)16(23-24-17)12-5-9-14(27-2)10-6-12/h3-10H,1-2H3,(H,23,24). The molecule has 0 saturated carbocycles. The first kappa shape index (κ1) is 19.0. The summed E-state index contributed by atoms with van der Waals surface area (Å²) in [6.45, 7) is 0. The molecule has 1 aromatic heterocycles. The molecule has 0 bridgehead atoms. The Balaban J connectivity index is 2.13. The number of hydrogen-bond donors (Lipinski definition) is 1. The van der Waals surface area contributed by atoms with Gasteiger partial charge in [0.1, 0.15) is 0 Å². The van der Waals surface area contributed by atoms with E-state index in [0.29, 0.717) is 16.8 Å². The van der Waals surface area contributed by atoms with Crippen molar-refractivity contribution in [3.63, 3.8) is 0 Å². The molecule has 2 aromatic carbocycles. The fourth-order valence-corrected chi connectivity index (χ4v) is 3.07. The molecule has 0 aliphatic heterocycles. The largest absolute Gasteiger partial charge is 0.464 e. The highest BCUT2D eigenvalue weighted by Gasteiger charge is 2.30. The minimum Gasteiger partial charge on any atom is -0.464 e. The zero-order chi connectivity index (χ0) is 19.6. The number of aromatic nitrogens is 2. The smallest absolute Gasteiger partial charge is 0.416 e. The van der Waals surface area contributed by atoms with Crippen LogP contribution in [-0.2, 0) is 10.9 Å². The predicted octanol–water partition coefficient (Wildman–Crippen LogP) is 5.27. The molecule has 0 aliphatic rings. The van der Waals surface area contributed by atoms with E-state index in [2.05, 4.69) is 10.2 Å². The van der Waals surface area contributed by atoms with Crippen molar-refractivity contribution < 1.29 is 22.7 Å². The number of thioether (sulfide) groups is 1. The molecular weight excluding hydrogens is 377 g/mol. The molecule has 4 nitrogen and oxygen atoms in total. The summed E-state index contributed by atoms with van der Waals surface area (Å²) in [4.78, 5) is 13.1. The molecule has 0 aliphatic carbocycles. The number of aromatic amines is 1. The lowest BCUT2D eigenvalue weighted by Crippen LogP contribution is -2.05. The van der Waals surface area contributed by atoms with E-state index in [9.17, 15) is 18.0 Å². The molecule has 0 spiro atoms. The van der Waals surface area contributed by atoms with Crippen LogP contribution in [-0.4, -0.2) is 29.5 Å². The average molecular weight is 392 g/mol. The highest BCUT2D eigenvalue weighted by Crippen LogP contribution is 2.36. The summed E-state index contributed by atoms with van der Waals surface area (Å²) >= 11 is 1.58. The van der Waals surface area contributed by atoms with Gasteiger partial charge in [0.15, 0.2) is 5.69 Å². The second-order valence-electron chi connectivity index (χ2n) is 5.62. The predicted molar refractivity (Wildman–Crippen MR) is 97.6 cm³/mol. The fraction of sp³-hybridized carbons (Fsp3) is 0.158. The van der Waals surface area contributed by atoms with E-state index in [1.54, 1.807) is 11.8 Å². The third kappa shape index (κ3) is 3.85. The van der Waals surface area contributed by atoms with Crippen LogP contribution < -0.4 is 0 Å². The number of esters is 1. The van der Waals surface area contributed by atoms with Gasteiger partial charge in [0.2, 0.25) is 0 Å². The molecule has 1 N–H and O–H groups in total. The Hall–Kier alpha value is -2.74. The van der Waals surface area contributed by atoms with Crippen LogP contribution in [0.1, 0.15) is 16.1 Å². The number of H-pyrrole nitrogens is 1. The quantitative estimate of drug-likeness (QED) is 0.485. The lowest BCUT2D eigenvalue weighted by Gasteiger charge is -2.09. The van der Waals surface area contributed by atoms with Gasteiger partial charge in [-0.05, 0) is 36.1 Å². The molecule has 3 rings (SSSR count). The lowest BCUT2D eigenvalue weighted by molar-refractivity contribution is -0.137. The summed E-state index contributed by atoms with van der Waals surface area (Å²) in [6.07, 6.45) is -2.48. The zero-order valence-electron chi connectivity index (χ0n) is 14.4. The number of rotatable bonds is 4. The number of methoxy groups -OCH3 is 1. The number of ether oxygens (including phenoxy) is 1. The number of alkyl halides is 3. The van der Waals surface area contributed by atoms with Gasteiger partial charge in [-0.25, -0.2) is 4.79 Å². The van der Waals surface area contributed by atoms with Crippen LogP contribution in [0.5, 0.6) is 0 Å². The monoisotopic (exact) mass is 392 g/mol. The van der Waals surface area contributed by atoms with Gasteiger partial charge in [0.25, 0.3) is 0 Å². The topological polar surface area (TPSA) is 55.0 Å². The Morgan fingerprint density at radius 1 is 1.04 bits per heavy atom. The average Bonchev–Trinajstić information content (AvgIpc) is 3.12. The molecule has 0 fully saturated rings. The van der Waals surface area contributed by atoms with Crippen molar-refractivity contribution in [1.82, 2.24) is 10.2 Å². The maximum atomic E-state index is 12.8. The van der Waals surface area contributed by atoms with E-state index in [1.807, 2.05) is 30.5 Å². The molecule has 140 valence electrons. The maximum absolute atomic E-state index is 12.8. The molecule has 27 heavy (non-hydrogen) atoms. The van der Waals surface area contributed by atoms with Crippen molar-refractivity contribution in [2.45, 2.75) is 11.1 Å². The van der Waals surface area contributed by atoms with E-state index < -0.39 is 17.7 Å². The third-order valence-electron chi connectivity index (χ3n) is 4.02. The van der Waals surface area contributed by atoms with Crippen molar-refractivity contribution in [2.24, 2.45) is 0 Å². The van der Waals surface area contributed by atoms with Gasteiger partial charge in [-0.1, -0.05) is 24.3 Å².